The molecular weight excluding hydrogens is 258 g/mol. The topological polar surface area (TPSA) is 49.0 Å². The van der Waals surface area contributed by atoms with Crippen LogP contribution in [-0.2, 0) is 0 Å². The summed E-state index contributed by atoms with van der Waals surface area (Å²) in [6, 6.07) is 3.63. The van der Waals surface area contributed by atoms with Gasteiger partial charge in [-0.3, -0.25) is 0 Å². The molecule has 0 aliphatic rings. The molecule has 0 aliphatic carbocycles. The summed E-state index contributed by atoms with van der Waals surface area (Å²) in [5.74, 6) is 2.50. The minimum atomic E-state index is 0.131. The Morgan fingerprint density at radius 3 is 2.10 bits per heavy atom. The normalized spacial score (nSPS) is 11.8. The van der Waals surface area contributed by atoms with Crippen molar-refractivity contribution in [3.63, 3.8) is 0 Å². The molecule has 1 N–H and O–H groups in total. The van der Waals surface area contributed by atoms with Crippen molar-refractivity contribution in [2.24, 2.45) is 0 Å². The number of nitrogens with one attached hydrogen (secondary N) is 1. The van der Waals surface area contributed by atoms with Gasteiger partial charge >= 0.3 is 0 Å². The molecule has 0 amide bonds. The fourth-order valence-corrected chi connectivity index (χ4v) is 1.98. The van der Waals surface area contributed by atoms with Crippen molar-refractivity contribution in [1.82, 2.24) is 5.32 Å². The smallest absolute Gasteiger partial charge is 0.203 e. The van der Waals surface area contributed by atoms with Gasteiger partial charge in [-0.25, -0.2) is 0 Å². The molecule has 5 heteroatoms. The molecule has 1 aromatic carbocycles. The predicted octanol–water partition coefficient (Wildman–Crippen LogP) is 2.48. The molecule has 0 aliphatic heterocycles. The number of methoxy groups -OCH3 is 3. The Labute approximate surface area is 121 Å². The molecule has 0 heterocycles. The summed E-state index contributed by atoms with van der Waals surface area (Å²) in [6.45, 7) is 3.04. The van der Waals surface area contributed by atoms with Crippen LogP contribution in [0.5, 0.6) is 23.0 Å². The summed E-state index contributed by atoms with van der Waals surface area (Å²) >= 11 is 0. The average Bonchev–Trinajstić information content (AvgIpc) is 2.46. The molecule has 0 saturated heterocycles. The Balaban J connectivity index is 2.79. The minimum Gasteiger partial charge on any atom is -0.493 e. The fraction of sp³-hybridized carbons (Fsp3) is 0.600. The van der Waals surface area contributed by atoms with Crippen molar-refractivity contribution in [2.75, 3.05) is 34.9 Å². The Bertz CT molecular complexity index is 384. The molecule has 5 nitrogen and oxygen atoms in total. The summed E-state index contributed by atoms with van der Waals surface area (Å²) in [5, 5.41) is 3.13. The van der Waals surface area contributed by atoms with E-state index in [0.717, 1.165) is 25.1 Å². The molecule has 1 unspecified atom stereocenters. The Morgan fingerprint density at radius 1 is 1.05 bits per heavy atom. The van der Waals surface area contributed by atoms with Crippen molar-refractivity contribution in [2.45, 2.75) is 25.9 Å². The first-order chi connectivity index (χ1) is 9.65. The third-order valence-corrected chi connectivity index (χ3v) is 3.01. The molecule has 1 rings (SSSR count). The van der Waals surface area contributed by atoms with Gasteiger partial charge in [-0.2, -0.15) is 0 Å². The van der Waals surface area contributed by atoms with Crippen LogP contribution < -0.4 is 24.3 Å². The highest BCUT2D eigenvalue weighted by atomic mass is 16.5. The van der Waals surface area contributed by atoms with Gasteiger partial charge in [-0.15, -0.1) is 0 Å². The number of rotatable bonds is 9. The zero-order valence-electron chi connectivity index (χ0n) is 13.0. The lowest BCUT2D eigenvalue weighted by atomic mass is 10.2. The Morgan fingerprint density at radius 2 is 1.65 bits per heavy atom. The highest BCUT2D eigenvalue weighted by Gasteiger charge is 2.15. The van der Waals surface area contributed by atoms with E-state index in [9.17, 15) is 0 Å². The van der Waals surface area contributed by atoms with Gasteiger partial charge in [0.25, 0.3) is 0 Å². The second kappa shape index (κ2) is 8.53. The largest absolute Gasteiger partial charge is 0.493 e. The maximum absolute atomic E-state index is 5.90. The molecule has 0 saturated carbocycles. The van der Waals surface area contributed by atoms with Gasteiger partial charge in [0.2, 0.25) is 5.75 Å². The van der Waals surface area contributed by atoms with Gasteiger partial charge in [0, 0.05) is 12.1 Å². The van der Waals surface area contributed by atoms with Crippen LogP contribution in [-0.4, -0.2) is 41.0 Å². The molecule has 0 aromatic heterocycles. The van der Waals surface area contributed by atoms with Gasteiger partial charge in [-0.1, -0.05) is 0 Å². The monoisotopic (exact) mass is 283 g/mol. The molecule has 1 atom stereocenters. The molecule has 0 bridgehead atoms. The van der Waals surface area contributed by atoms with Crippen molar-refractivity contribution in [3.05, 3.63) is 12.1 Å². The van der Waals surface area contributed by atoms with Crippen LogP contribution in [0.3, 0.4) is 0 Å². The zero-order valence-corrected chi connectivity index (χ0v) is 13.0. The molecular formula is C15H25NO4. The molecule has 0 fully saturated rings. The van der Waals surface area contributed by atoms with E-state index in [1.807, 2.05) is 19.2 Å². The summed E-state index contributed by atoms with van der Waals surface area (Å²) in [7, 11) is 6.72. The van der Waals surface area contributed by atoms with Crippen molar-refractivity contribution < 1.29 is 18.9 Å². The fourth-order valence-electron chi connectivity index (χ4n) is 1.98. The predicted molar refractivity (Wildman–Crippen MR) is 79.3 cm³/mol. The number of hydrogen-bond donors (Lipinski definition) is 1. The van der Waals surface area contributed by atoms with Crippen LogP contribution in [0.25, 0.3) is 0 Å². The van der Waals surface area contributed by atoms with E-state index in [1.54, 1.807) is 21.3 Å². The van der Waals surface area contributed by atoms with E-state index in [4.69, 9.17) is 18.9 Å². The van der Waals surface area contributed by atoms with Gasteiger partial charge in [0.1, 0.15) is 5.75 Å². The SMILES string of the molecule is CNCCCC(C)Oc1cc(OC)c(OC)c(OC)c1. The maximum atomic E-state index is 5.90. The lowest BCUT2D eigenvalue weighted by molar-refractivity contribution is 0.205. The van der Waals surface area contributed by atoms with Crippen LogP contribution in [0.15, 0.2) is 12.1 Å². The Hall–Kier alpha value is -1.62. The first kappa shape index (κ1) is 16.4. The van der Waals surface area contributed by atoms with Gasteiger partial charge in [0.05, 0.1) is 27.4 Å². The van der Waals surface area contributed by atoms with E-state index < -0.39 is 0 Å². The minimum absolute atomic E-state index is 0.131. The number of hydrogen-bond acceptors (Lipinski definition) is 5. The highest BCUT2D eigenvalue weighted by molar-refractivity contribution is 5.55. The van der Waals surface area contributed by atoms with Crippen LogP contribution in [0, 0.1) is 0 Å². The molecule has 1 aromatic rings. The van der Waals surface area contributed by atoms with E-state index >= 15 is 0 Å². The molecule has 0 spiro atoms. The quantitative estimate of drug-likeness (QED) is 0.706. The van der Waals surface area contributed by atoms with Crippen molar-refractivity contribution in [1.29, 1.82) is 0 Å². The average molecular weight is 283 g/mol. The van der Waals surface area contributed by atoms with Crippen molar-refractivity contribution >= 4 is 0 Å². The lowest BCUT2D eigenvalue weighted by Gasteiger charge is -2.18. The zero-order chi connectivity index (χ0) is 15.0. The van der Waals surface area contributed by atoms with Crippen molar-refractivity contribution in [3.8, 4) is 23.0 Å². The Kier molecular flexibility index (Phi) is 7.01. The van der Waals surface area contributed by atoms with E-state index in [0.29, 0.717) is 17.2 Å². The van der Waals surface area contributed by atoms with Gasteiger partial charge < -0.3 is 24.3 Å². The summed E-state index contributed by atoms with van der Waals surface area (Å²) in [4.78, 5) is 0. The molecule has 0 radical (unpaired) electrons. The van der Waals surface area contributed by atoms with E-state index in [1.165, 1.54) is 0 Å². The van der Waals surface area contributed by atoms with E-state index in [-0.39, 0.29) is 6.10 Å². The van der Waals surface area contributed by atoms with Gasteiger partial charge in [0.15, 0.2) is 11.5 Å². The third-order valence-electron chi connectivity index (χ3n) is 3.01. The first-order valence-electron chi connectivity index (χ1n) is 6.77. The van der Waals surface area contributed by atoms with Crippen LogP contribution in [0.2, 0.25) is 0 Å². The maximum Gasteiger partial charge on any atom is 0.203 e. The summed E-state index contributed by atoms with van der Waals surface area (Å²) < 4.78 is 21.8. The third kappa shape index (κ3) is 4.49. The second-order valence-corrected chi connectivity index (χ2v) is 4.54. The summed E-state index contributed by atoms with van der Waals surface area (Å²) in [6.07, 6.45) is 2.19. The highest BCUT2D eigenvalue weighted by Crippen LogP contribution is 2.41. The van der Waals surface area contributed by atoms with Crippen LogP contribution >= 0.6 is 0 Å². The number of benzene rings is 1. The second-order valence-electron chi connectivity index (χ2n) is 4.54. The van der Waals surface area contributed by atoms with E-state index in [2.05, 4.69) is 12.2 Å². The molecule has 114 valence electrons. The number of ether oxygens (including phenoxy) is 4. The first-order valence-corrected chi connectivity index (χ1v) is 6.77. The molecule has 20 heavy (non-hydrogen) atoms. The van der Waals surface area contributed by atoms with Gasteiger partial charge in [-0.05, 0) is 33.4 Å². The van der Waals surface area contributed by atoms with Crippen LogP contribution in [0.4, 0.5) is 0 Å². The lowest BCUT2D eigenvalue weighted by Crippen LogP contribution is -2.15. The van der Waals surface area contributed by atoms with Crippen LogP contribution in [0.1, 0.15) is 19.8 Å². The summed E-state index contributed by atoms with van der Waals surface area (Å²) in [5.41, 5.74) is 0. The standard InChI is InChI=1S/C15H25NO4/c1-11(7-6-8-16-2)20-12-9-13(17-3)15(19-5)14(10-12)18-4/h9-11,16H,6-8H2,1-5H3.